The van der Waals surface area contributed by atoms with Crippen molar-refractivity contribution < 1.29 is 4.79 Å². The molecule has 2 aromatic rings. The van der Waals surface area contributed by atoms with Crippen LogP contribution >= 0.6 is 11.6 Å². The summed E-state index contributed by atoms with van der Waals surface area (Å²) in [5, 5.41) is 0.384. The molecule has 0 aliphatic carbocycles. The van der Waals surface area contributed by atoms with Crippen LogP contribution in [0.5, 0.6) is 0 Å². The number of ketones is 1. The topological polar surface area (TPSA) is 52.0 Å². The number of carbonyl (C=O) groups excluding carboxylic acids is 1. The zero-order valence-electron chi connectivity index (χ0n) is 8.84. The molecule has 4 nitrogen and oxygen atoms in total. The molecule has 0 unspecified atom stereocenters. The van der Waals surface area contributed by atoms with Gasteiger partial charge in [0.1, 0.15) is 0 Å². The van der Waals surface area contributed by atoms with Crippen LogP contribution in [-0.2, 0) is 6.54 Å². The van der Waals surface area contributed by atoms with Crippen molar-refractivity contribution >= 4 is 17.4 Å². The van der Waals surface area contributed by atoms with Gasteiger partial charge in [-0.3, -0.25) is 9.36 Å². The smallest absolute Gasteiger partial charge is 0.292 e. The average Bonchev–Trinajstić information content (AvgIpc) is 2.32. The first-order chi connectivity index (χ1) is 8.18. The van der Waals surface area contributed by atoms with Gasteiger partial charge in [-0.25, -0.2) is 9.78 Å². The molecule has 0 amide bonds. The molecule has 0 saturated carbocycles. The summed E-state index contributed by atoms with van der Waals surface area (Å²) >= 11 is 5.90. The van der Waals surface area contributed by atoms with Gasteiger partial charge in [-0.1, -0.05) is 23.7 Å². The summed E-state index contributed by atoms with van der Waals surface area (Å²) in [6, 6.07) is 8.34. The van der Waals surface area contributed by atoms with Gasteiger partial charge < -0.3 is 0 Å². The van der Waals surface area contributed by atoms with E-state index in [1.54, 1.807) is 30.3 Å². The normalized spacial score (nSPS) is 10.2. The molecule has 0 N–H and O–H groups in total. The molecule has 0 spiro atoms. The van der Waals surface area contributed by atoms with E-state index in [0.29, 0.717) is 10.6 Å². The standard InChI is InChI=1S/C12H9ClN2O2/c13-10-5-2-1-4-9(10)11(16)8-15-7-3-6-14-12(15)17/h1-7H,8H2. The molecule has 0 atom stereocenters. The Bertz CT molecular complexity index is 607. The molecule has 0 saturated heterocycles. The second-order valence-electron chi connectivity index (χ2n) is 3.43. The predicted octanol–water partition coefficient (Wildman–Crippen LogP) is 1.78. The summed E-state index contributed by atoms with van der Waals surface area (Å²) in [5.41, 5.74) is -0.0437. The first-order valence-electron chi connectivity index (χ1n) is 4.97. The second kappa shape index (κ2) is 4.93. The zero-order valence-corrected chi connectivity index (χ0v) is 9.59. The van der Waals surface area contributed by atoms with Gasteiger partial charge in [0.2, 0.25) is 0 Å². The third kappa shape index (κ3) is 2.60. The highest BCUT2D eigenvalue weighted by atomic mass is 35.5. The third-order valence-corrected chi connectivity index (χ3v) is 2.60. The molecule has 0 radical (unpaired) electrons. The number of halogens is 1. The number of aromatic nitrogens is 2. The third-order valence-electron chi connectivity index (χ3n) is 2.27. The van der Waals surface area contributed by atoms with Crippen molar-refractivity contribution in [2.75, 3.05) is 0 Å². The van der Waals surface area contributed by atoms with Crippen LogP contribution < -0.4 is 5.69 Å². The van der Waals surface area contributed by atoms with E-state index < -0.39 is 5.69 Å². The first-order valence-corrected chi connectivity index (χ1v) is 5.35. The van der Waals surface area contributed by atoms with Crippen LogP contribution in [0.4, 0.5) is 0 Å². The lowest BCUT2D eigenvalue weighted by Crippen LogP contribution is -2.25. The van der Waals surface area contributed by atoms with Gasteiger partial charge in [-0.15, -0.1) is 0 Å². The Morgan fingerprint density at radius 1 is 1.29 bits per heavy atom. The van der Waals surface area contributed by atoms with Crippen LogP contribution in [0.15, 0.2) is 47.5 Å². The van der Waals surface area contributed by atoms with Gasteiger partial charge in [0.05, 0.1) is 11.6 Å². The molecule has 2 rings (SSSR count). The van der Waals surface area contributed by atoms with Crippen molar-refractivity contribution in [2.45, 2.75) is 6.54 Å². The van der Waals surface area contributed by atoms with E-state index in [-0.39, 0.29) is 12.3 Å². The van der Waals surface area contributed by atoms with Crippen molar-refractivity contribution in [3.63, 3.8) is 0 Å². The number of nitrogens with zero attached hydrogens (tertiary/aromatic N) is 2. The van der Waals surface area contributed by atoms with Gasteiger partial charge in [-0.05, 0) is 18.2 Å². The Morgan fingerprint density at radius 2 is 2.06 bits per heavy atom. The highest BCUT2D eigenvalue weighted by Crippen LogP contribution is 2.15. The minimum Gasteiger partial charge on any atom is -0.292 e. The maximum atomic E-state index is 11.9. The van der Waals surface area contributed by atoms with E-state index >= 15 is 0 Å². The van der Waals surface area contributed by atoms with Crippen LogP contribution in [0.25, 0.3) is 0 Å². The molecule has 0 aliphatic rings. The van der Waals surface area contributed by atoms with Gasteiger partial charge in [0.25, 0.3) is 0 Å². The lowest BCUT2D eigenvalue weighted by atomic mass is 10.1. The Balaban J connectivity index is 2.27. The first kappa shape index (κ1) is 11.5. The van der Waals surface area contributed by atoms with Gasteiger partial charge in [0, 0.05) is 18.0 Å². The van der Waals surface area contributed by atoms with Gasteiger partial charge >= 0.3 is 5.69 Å². The van der Waals surface area contributed by atoms with E-state index in [0.717, 1.165) is 0 Å². The minimum atomic E-state index is -0.451. The summed E-state index contributed by atoms with van der Waals surface area (Å²) in [6.07, 6.45) is 2.91. The van der Waals surface area contributed by atoms with Crippen LogP contribution in [0.1, 0.15) is 10.4 Å². The summed E-state index contributed by atoms with van der Waals surface area (Å²) in [5.74, 6) is -0.217. The van der Waals surface area contributed by atoms with E-state index in [1.807, 2.05) is 0 Å². The van der Waals surface area contributed by atoms with Crippen LogP contribution in [0.3, 0.4) is 0 Å². The largest absolute Gasteiger partial charge is 0.347 e. The van der Waals surface area contributed by atoms with Crippen molar-refractivity contribution in [3.8, 4) is 0 Å². The number of carbonyl (C=O) groups is 1. The molecule has 0 fully saturated rings. The number of benzene rings is 1. The minimum absolute atomic E-state index is 0.0591. The summed E-state index contributed by atoms with van der Waals surface area (Å²) < 4.78 is 1.24. The highest BCUT2D eigenvalue weighted by Gasteiger charge is 2.10. The van der Waals surface area contributed by atoms with Gasteiger partial charge in [0.15, 0.2) is 5.78 Å². The fraction of sp³-hybridized carbons (Fsp3) is 0.0833. The molecular formula is C12H9ClN2O2. The zero-order chi connectivity index (χ0) is 12.3. The van der Waals surface area contributed by atoms with Crippen molar-refractivity contribution in [2.24, 2.45) is 0 Å². The number of Topliss-reactive ketones (excluding diaryl/α,β-unsaturated/α-hetero) is 1. The maximum Gasteiger partial charge on any atom is 0.347 e. The quantitative estimate of drug-likeness (QED) is 0.778. The molecule has 1 aromatic heterocycles. The lowest BCUT2D eigenvalue weighted by molar-refractivity contribution is 0.0970. The molecule has 17 heavy (non-hydrogen) atoms. The van der Waals surface area contributed by atoms with Crippen molar-refractivity contribution in [3.05, 3.63) is 63.8 Å². The van der Waals surface area contributed by atoms with E-state index in [2.05, 4.69) is 4.98 Å². The van der Waals surface area contributed by atoms with Crippen molar-refractivity contribution in [1.82, 2.24) is 9.55 Å². The molecule has 1 heterocycles. The fourth-order valence-electron chi connectivity index (χ4n) is 1.43. The van der Waals surface area contributed by atoms with E-state index in [4.69, 9.17) is 11.6 Å². The van der Waals surface area contributed by atoms with Crippen LogP contribution in [0.2, 0.25) is 5.02 Å². The molecule has 1 aromatic carbocycles. The number of hydrogen-bond acceptors (Lipinski definition) is 3. The molecule has 0 bridgehead atoms. The second-order valence-corrected chi connectivity index (χ2v) is 3.84. The Kier molecular flexibility index (Phi) is 3.35. The summed E-state index contributed by atoms with van der Waals surface area (Å²) in [4.78, 5) is 26.8. The molecule has 5 heteroatoms. The Labute approximate surface area is 102 Å². The monoisotopic (exact) mass is 248 g/mol. The Morgan fingerprint density at radius 3 is 2.76 bits per heavy atom. The summed E-state index contributed by atoms with van der Waals surface area (Å²) in [6.45, 7) is -0.0591. The SMILES string of the molecule is O=C(Cn1cccnc1=O)c1ccccc1Cl. The Hall–Kier alpha value is -1.94. The van der Waals surface area contributed by atoms with Gasteiger partial charge in [-0.2, -0.15) is 0 Å². The molecular weight excluding hydrogens is 240 g/mol. The highest BCUT2D eigenvalue weighted by molar-refractivity contribution is 6.33. The molecule has 0 aliphatic heterocycles. The maximum absolute atomic E-state index is 11.9. The van der Waals surface area contributed by atoms with Crippen LogP contribution in [-0.4, -0.2) is 15.3 Å². The van der Waals surface area contributed by atoms with E-state index in [1.165, 1.54) is 17.0 Å². The number of rotatable bonds is 3. The predicted molar refractivity (Wildman–Crippen MR) is 64.3 cm³/mol. The summed E-state index contributed by atoms with van der Waals surface area (Å²) in [7, 11) is 0. The fourth-order valence-corrected chi connectivity index (χ4v) is 1.68. The average molecular weight is 249 g/mol. The number of hydrogen-bond donors (Lipinski definition) is 0. The van der Waals surface area contributed by atoms with Crippen LogP contribution in [0, 0.1) is 0 Å². The van der Waals surface area contributed by atoms with E-state index in [9.17, 15) is 9.59 Å². The van der Waals surface area contributed by atoms with Crippen molar-refractivity contribution in [1.29, 1.82) is 0 Å². The molecule has 86 valence electrons. The lowest BCUT2D eigenvalue weighted by Gasteiger charge is -2.04.